The summed E-state index contributed by atoms with van der Waals surface area (Å²) in [4.78, 5) is 39.2. The van der Waals surface area contributed by atoms with Crippen molar-refractivity contribution < 1.29 is 14.4 Å². The van der Waals surface area contributed by atoms with Gasteiger partial charge < -0.3 is 10.6 Å². The SMILES string of the molecule is Cc1nn(-c2ccccc2)c(C)c1CNC(=O)CN1C(=O)N[C@@]2(CCCC[C@H]2C)C1=O. The first kappa shape index (κ1) is 21.1. The van der Waals surface area contributed by atoms with E-state index in [2.05, 4.69) is 15.7 Å². The van der Waals surface area contributed by atoms with Crippen molar-refractivity contribution in [2.75, 3.05) is 6.54 Å². The fourth-order valence-electron chi connectivity index (χ4n) is 4.78. The molecule has 0 bridgehead atoms. The van der Waals surface area contributed by atoms with Crippen LogP contribution in [0.3, 0.4) is 0 Å². The molecule has 1 saturated carbocycles. The average Bonchev–Trinajstić information content (AvgIpc) is 3.17. The molecule has 1 aromatic heterocycles. The Morgan fingerprint density at radius 1 is 1.23 bits per heavy atom. The molecule has 2 aliphatic rings. The molecule has 31 heavy (non-hydrogen) atoms. The first-order valence-electron chi connectivity index (χ1n) is 10.8. The second kappa shape index (κ2) is 8.17. The molecule has 1 aliphatic heterocycles. The highest BCUT2D eigenvalue weighted by atomic mass is 16.2. The molecule has 0 radical (unpaired) electrons. The van der Waals surface area contributed by atoms with Crippen LogP contribution in [-0.2, 0) is 16.1 Å². The van der Waals surface area contributed by atoms with Gasteiger partial charge in [-0.1, -0.05) is 38.0 Å². The maximum absolute atomic E-state index is 13.0. The summed E-state index contributed by atoms with van der Waals surface area (Å²) in [5.41, 5.74) is 2.79. The number of hydrogen-bond acceptors (Lipinski definition) is 4. The van der Waals surface area contributed by atoms with Gasteiger partial charge in [-0.2, -0.15) is 5.10 Å². The molecule has 2 heterocycles. The highest BCUT2D eigenvalue weighted by Crippen LogP contribution is 2.38. The number of urea groups is 1. The van der Waals surface area contributed by atoms with Crippen molar-refractivity contribution in [1.29, 1.82) is 0 Å². The van der Waals surface area contributed by atoms with Crippen LogP contribution in [-0.4, -0.2) is 44.6 Å². The molecule has 2 aromatic rings. The van der Waals surface area contributed by atoms with Gasteiger partial charge in [-0.05, 0) is 44.7 Å². The van der Waals surface area contributed by atoms with Gasteiger partial charge in [-0.3, -0.25) is 14.5 Å². The Hall–Kier alpha value is -3.16. The molecule has 2 atom stereocenters. The Balaban J connectivity index is 1.42. The molecule has 1 saturated heterocycles. The molecular formula is C23H29N5O3. The molecule has 4 rings (SSSR count). The van der Waals surface area contributed by atoms with Crippen molar-refractivity contribution in [3.05, 3.63) is 47.3 Å². The van der Waals surface area contributed by atoms with Gasteiger partial charge in [0.15, 0.2) is 0 Å². The number of rotatable bonds is 5. The molecule has 8 heteroatoms. The summed E-state index contributed by atoms with van der Waals surface area (Å²) >= 11 is 0. The number of aromatic nitrogens is 2. The summed E-state index contributed by atoms with van der Waals surface area (Å²) in [7, 11) is 0. The van der Waals surface area contributed by atoms with Gasteiger partial charge in [0.2, 0.25) is 5.91 Å². The zero-order valence-electron chi connectivity index (χ0n) is 18.3. The molecule has 2 fully saturated rings. The Bertz CT molecular complexity index is 1020. The van der Waals surface area contributed by atoms with Gasteiger partial charge in [0.05, 0.1) is 11.4 Å². The Labute approximate surface area is 182 Å². The van der Waals surface area contributed by atoms with E-state index in [-0.39, 0.29) is 30.8 Å². The second-order valence-corrected chi connectivity index (χ2v) is 8.61. The number of para-hydroxylation sites is 1. The van der Waals surface area contributed by atoms with Crippen LogP contribution in [0.4, 0.5) is 4.79 Å². The lowest BCUT2D eigenvalue weighted by Crippen LogP contribution is -2.54. The molecular weight excluding hydrogens is 394 g/mol. The van der Waals surface area contributed by atoms with Crippen molar-refractivity contribution in [3.63, 3.8) is 0 Å². The quantitative estimate of drug-likeness (QED) is 0.723. The third-order valence-electron chi connectivity index (χ3n) is 6.71. The smallest absolute Gasteiger partial charge is 0.325 e. The summed E-state index contributed by atoms with van der Waals surface area (Å²) in [6, 6.07) is 9.32. The van der Waals surface area contributed by atoms with Gasteiger partial charge in [-0.15, -0.1) is 0 Å². The number of imide groups is 1. The van der Waals surface area contributed by atoms with E-state index in [9.17, 15) is 14.4 Å². The van der Waals surface area contributed by atoms with Crippen LogP contribution >= 0.6 is 0 Å². The molecule has 2 N–H and O–H groups in total. The first-order chi connectivity index (χ1) is 14.8. The van der Waals surface area contributed by atoms with Crippen LogP contribution in [0.25, 0.3) is 5.69 Å². The topological polar surface area (TPSA) is 96.3 Å². The van der Waals surface area contributed by atoms with Gasteiger partial charge in [0, 0.05) is 17.8 Å². The summed E-state index contributed by atoms with van der Waals surface area (Å²) in [6.45, 7) is 5.87. The molecule has 1 aromatic carbocycles. The van der Waals surface area contributed by atoms with Gasteiger partial charge >= 0.3 is 6.03 Å². The van der Waals surface area contributed by atoms with Crippen LogP contribution in [0, 0.1) is 19.8 Å². The maximum atomic E-state index is 13.0. The van der Waals surface area contributed by atoms with E-state index in [1.165, 1.54) is 0 Å². The average molecular weight is 424 g/mol. The summed E-state index contributed by atoms with van der Waals surface area (Å²) in [6.07, 6.45) is 3.49. The summed E-state index contributed by atoms with van der Waals surface area (Å²) in [5.74, 6) is -0.570. The lowest BCUT2D eigenvalue weighted by Gasteiger charge is -2.36. The van der Waals surface area contributed by atoms with E-state index in [4.69, 9.17) is 0 Å². The highest BCUT2D eigenvalue weighted by molar-refractivity contribution is 6.09. The molecule has 4 amide bonds. The monoisotopic (exact) mass is 423 g/mol. The first-order valence-corrected chi connectivity index (χ1v) is 10.8. The third kappa shape index (κ3) is 3.71. The fourth-order valence-corrected chi connectivity index (χ4v) is 4.78. The normalized spacial score (nSPS) is 23.3. The largest absolute Gasteiger partial charge is 0.350 e. The van der Waals surface area contributed by atoms with Crippen molar-refractivity contribution >= 4 is 17.8 Å². The number of carbonyl (C=O) groups excluding carboxylic acids is 3. The van der Waals surface area contributed by atoms with Crippen molar-refractivity contribution in [2.24, 2.45) is 5.92 Å². The second-order valence-electron chi connectivity index (χ2n) is 8.61. The van der Waals surface area contributed by atoms with Gasteiger partial charge in [0.1, 0.15) is 12.1 Å². The van der Waals surface area contributed by atoms with Crippen LogP contribution < -0.4 is 10.6 Å². The molecule has 1 spiro atoms. The van der Waals surface area contributed by atoms with E-state index < -0.39 is 11.6 Å². The molecule has 0 unspecified atom stereocenters. The molecule has 8 nitrogen and oxygen atoms in total. The number of benzene rings is 1. The minimum Gasteiger partial charge on any atom is -0.350 e. The van der Waals surface area contributed by atoms with Gasteiger partial charge in [0.25, 0.3) is 5.91 Å². The van der Waals surface area contributed by atoms with E-state index >= 15 is 0 Å². The lowest BCUT2D eigenvalue weighted by molar-refractivity contribution is -0.137. The molecule has 164 valence electrons. The minimum absolute atomic E-state index is 0.0693. The van der Waals surface area contributed by atoms with Crippen molar-refractivity contribution in [2.45, 2.75) is 58.5 Å². The zero-order chi connectivity index (χ0) is 22.2. The number of nitrogens with one attached hydrogen (secondary N) is 2. The number of nitrogens with zero attached hydrogens (tertiary/aromatic N) is 3. The highest BCUT2D eigenvalue weighted by Gasteiger charge is 2.55. The van der Waals surface area contributed by atoms with E-state index in [0.29, 0.717) is 6.42 Å². The zero-order valence-corrected chi connectivity index (χ0v) is 18.3. The molecule has 1 aliphatic carbocycles. The van der Waals surface area contributed by atoms with Crippen LogP contribution in [0.2, 0.25) is 0 Å². The lowest BCUT2D eigenvalue weighted by atomic mass is 9.73. The summed E-state index contributed by atoms with van der Waals surface area (Å²) in [5, 5.41) is 10.3. The Kier molecular flexibility index (Phi) is 5.56. The van der Waals surface area contributed by atoms with Crippen molar-refractivity contribution in [3.8, 4) is 5.69 Å². The van der Waals surface area contributed by atoms with E-state index in [1.54, 1.807) is 0 Å². The number of hydrogen-bond donors (Lipinski definition) is 2. The standard InChI is InChI=1S/C23H29N5O3/c1-15-9-7-8-12-23(15)21(30)27(22(31)25-23)14-20(29)24-13-19-16(2)26-28(17(19)3)18-10-5-4-6-11-18/h4-6,10-11,15H,7-9,12-14H2,1-3H3,(H,24,29)(H,25,31)/t15-,23-/m1/s1. The number of carbonyl (C=O) groups is 3. The number of aryl methyl sites for hydroxylation is 1. The predicted molar refractivity (Wildman–Crippen MR) is 115 cm³/mol. The van der Waals surface area contributed by atoms with Gasteiger partial charge in [-0.25, -0.2) is 9.48 Å². The van der Waals surface area contributed by atoms with Crippen LogP contribution in [0.1, 0.15) is 49.6 Å². The Morgan fingerprint density at radius 2 is 1.97 bits per heavy atom. The van der Waals surface area contributed by atoms with E-state index in [0.717, 1.165) is 46.8 Å². The maximum Gasteiger partial charge on any atom is 0.325 e. The van der Waals surface area contributed by atoms with E-state index in [1.807, 2.05) is 55.8 Å². The minimum atomic E-state index is -0.848. The van der Waals surface area contributed by atoms with Crippen molar-refractivity contribution in [1.82, 2.24) is 25.3 Å². The summed E-state index contributed by atoms with van der Waals surface area (Å²) < 4.78 is 1.85. The third-order valence-corrected chi connectivity index (χ3v) is 6.71. The van der Waals surface area contributed by atoms with Crippen LogP contribution in [0.15, 0.2) is 30.3 Å². The Morgan fingerprint density at radius 3 is 2.68 bits per heavy atom. The fraction of sp³-hybridized carbons (Fsp3) is 0.478. The predicted octanol–water partition coefficient (Wildman–Crippen LogP) is 2.61. The van der Waals surface area contributed by atoms with Crippen LogP contribution in [0.5, 0.6) is 0 Å². The number of amides is 4.